The maximum absolute atomic E-state index is 12.8. The number of amides is 3. The molecule has 4 rings (SSSR count). The second kappa shape index (κ2) is 8.07. The van der Waals surface area contributed by atoms with Crippen LogP contribution in [-0.4, -0.2) is 47.9 Å². The number of nitrogens with zero attached hydrogens (tertiary/aromatic N) is 5. The molecule has 2 aromatic carbocycles. The van der Waals surface area contributed by atoms with Gasteiger partial charge in [0.25, 0.3) is 11.1 Å². The third kappa shape index (κ3) is 3.94. The van der Waals surface area contributed by atoms with Gasteiger partial charge >= 0.3 is 0 Å². The summed E-state index contributed by atoms with van der Waals surface area (Å²) >= 11 is 0.989. The van der Waals surface area contributed by atoms with Crippen LogP contribution in [0.25, 0.3) is 5.69 Å². The molecule has 10 heteroatoms. The number of thioether (sulfide) groups is 1. The van der Waals surface area contributed by atoms with Gasteiger partial charge in [-0.25, -0.2) is 0 Å². The van der Waals surface area contributed by atoms with E-state index < -0.39 is 0 Å². The highest BCUT2D eigenvalue weighted by Gasteiger charge is 2.29. The van der Waals surface area contributed by atoms with E-state index in [1.54, 1.807) is 48.0 Å². The first-order valence-electron chi connectivity index (χ1n) is 9.16. The molecule has 1 aliphatic rings. The molecular formula is C20H18N6O3S. The topological polar surface area (TPSA) is 110 Å². The van der Waals surface area contributed by atoms with Crippen molar-refractivity contribution in [2.75, 3.05) is 11.1 Å². The van der Waals surface area contributed by atoms with Gasteiger partial charge in [-0.2, -0.15) is 4.68 Å². The van der Waals surface area contributed by atoms with Crippen LogP contribution in [0.3, 0.4) is 0 Å². The van der Waals surface area contributed by atoms with Crippen molar-refractivity contribution in [1.29, 1.82) is 0 Å². The lowest BCUT2D eigenvalue weighted by atomic mass is 10.1. The minimum Gasteiger partial charge on any atom is -0.322 e. The molecule has 1 saturated heterocycles. The summed E-state index contributed by atoms with van der Waals surface area (Å²) in [4.78, 5) is 37.6. The van der Waals surface area contributed by atoms with E-state index in [1.165, 1.54) is 4.90 Å². The second-order valence-corrected chi connectivity index (χ2v) is 7.75. The molecule has 1 aliphatic heterocycles. The zero-order chi connectivity index (χ0) is 21.3. The predicted octanol–water partition coefficient (Wildman–Crippen LogP) is 2.73. The van der Waals surface area contributed by atoms with Gasteiger partial charge in [-0.05, 0) is 59.7 Å². The number of aromatic nitrogens is 4. The normalized spacial score (nSPS) is 13.7. The zero-order valence-electron chi connectivity index (χ0n) is 16.3. The van der Waals surface area contributed by atoms with Gasteiger partial charge in [0, 0.05) is 11.3 Å². The van der Waals surface area contributed by atoms with E-state index in [0.29, 0.717) is 22.6 Å². The van der Waals surface area contributed by atoms with Gasteiger partial charge in [0.2, 0.25) is 5.91 Å². The van der Waals surface area contributed by atoms with Crippen molar-refractivity contribution in [2.45, 2.75) is 20.4 Å². The number of anilines is 1. The van der Waals surface area contributed by atoms with Crippen LogP contribution in [0.5, 0.6) is 0 Å². The second-order valence-electron chi connectivity index (χ2n) is 6.83. The number of nitrogens with one attached hydrogen (secondary N) is 1. The molecule has 0 unspecified atom stereocenters. The Morgan fingerprint density at radius 1 is 1.17 bits per heavy atom. The van der Waals surface area contributed by atoms with Crippen molar-refractivity contribution in [3.8, 4) is 5.69 Å². The Morgan fingerprint density at radius 2 is 2.00 bits per heavy atom. The lowest BCUT2D eigenvalue weighted by molar-refractivity contribution is -0.125. The molecule has 0 aliphatic carbocycles. The first kappa shape index (κ1) is 19.8. The zero-order valence-corrected chi connectivity index (χ0v) is 17.1. The predicted molar refractivity (Wildman–Crippen MR) is 111 cm³/mol. The molecule has 9 nitrogen and oxygen atoms in total. The minimum atomic E-state index is -0.298. The Labute approximate surface area is 176 Å². The number of tetrazole rings is 1. The van der Waals surface area contributed by atoms with Gasteiger partial charge in [0.05, 0.1) is 18.0 Å². The Balaban J connectivity index is 1.53. The van der Waals surface area contributed by atoms with E-state index >= 15 is 0 Å². The first-order valence-corrected chi connectivity index (χ1v) is 10.1. The molecule has 0 radical (unpaired) electrons. The number of benzene rings is 2. The van der Waals surface area contributed by atoms with Crippen molar-refractivity contribution in [3.05, 3.63) is 65.0 Å². The van der Waals surface area contributed by atoms with E-state index in [4.69, 9.17) is 0 Å². The number of imide groups is 1. The van der Waals surface area contributed by atoms with E-state index in [1.807, 2.05) is 13.0 Å². The summed E-state index contributed by atoms with van der Waals surface area (Å²) < 4.78 is 1.60. The van der Waals surface area contributed by atoms with E-state index in [9.17, 15) is 14.4 Å². The standard InChI is InChI=1S/C20H18N6O3S/c1-12-6-7-16(9-17(12)26-13(2)22-23-24-26)21-19(28)15-5-3-4-14(8-15)10-25-18(27)11-30-20(25)29/h3-9H,10-11H2,1-2H3,(H,21,28). The number of carbonyl (C=O) groups is 3. The smallest absolute Gasteiger partial charge is 0.289 e. The molecular weight excluding hydrogens is 404 g/mol. The molecule has 0 saturated carbocycles. The third-order valence-corrected chi connectivity index (χ3v) is 5.55. The molecule has 152 valence electrons. The molecule has 1 fully saturated rings. The quantitative estimate of drug-likeness (QED) is 0.673. The summed E-state index contributed by atoms with van der Waals surface area (Å²) in [5.74, 6) is 0.284. The summed E-state index contributed by atoms with van der Waals surface area (Å²) in [7, 11) is 0. The fourth-order valence-electron chi connectivity index (χ4n) is 3.10. The van der Waals surface area contributed by atoms with Crippen LogP contribution >= 0.6 is 11.8 Å². The lowest BCUT2D eigenvalue weighted by Gasteiger charge is -2.14. The Morgan fingerprint density at radius 3 is 2.70 bits per heavy atom. The molecule has 0 spiro atoms. The number of carbonyl (C=O) groups excluding carboxylic acids is 3. The van der Waals surface area contributed by atoms with Crippen LogP contribution in [0.2, 0.25) is 0 Å². The van der Waals surface area contributed by atoms with E-state index in [0.717, 1.165) is 23.0 Å². The van der Waals surface area contributed by atoms with Crippen molar-refractivity contribution < 1.29 is 14.4 Å². The summed E-state index contributed by atoms with van der Waals surface area (Å²) in [6.07, 6.45) is 0. The Kier molecular flexibility index (Phi) is 5.32. The van der Waals surface area contributed by atoms with Gasteiger partial charge in [0.15, 0.2) is 5.82 Å². The highest BCUT2D eigenvalue weighted by molar-refractivity contribution is 8.14. The average Bonchev–Trinajstić information content (AvgIpc) is 3.30. The number of hydrogen-bond donors (Lipinski definition) is 1. The maximum Gasteiger partial charge on any atom is 0.289 e. The Bertz CT molecular complexity index is 1140. The van der Waals surface area contributed by atoms with Crippen molar-refractivity contribution >= 4 is 34.5 Å². The van der Waals surface area contributed by atoms with Crippen molar-refractivity contribution in [1.82, 2.24) is 25.1 Å². The minimum absolute atomic E-state index is 0.152. The van der Waals surface area contributed by atoms with Crippen LogP contribution < -0.4 is 5.32 Å². The summed E-state index contributed by atoms with van der Waals surface area (Å²) in [6, 6.07) is 12.4. The highest BCUT2D eigenvalue weighted by atomic mass is 32.2. The summed E-state index contributed by atoms with van der Waals surface area (Å²) in [5.41, 5.74) is 3.47. The van der Waals surface area contributed by atoms with Gasteiger partial charge in [-0.1, -0.05) is 30.0 Å². The fraction of sp³-hybridized carbons (Fsp3) is 0.200. The molecule has 1 aromatic heterocycles. The van der Waals surface area contributed by atoms with Gasteiger partial charge < -0.3 is 5.32 Å². The molecule has 1 N–H and O–H groups in total. The lowest BCUT2D eigenvalue weighted by Crippen LogP contribution is -2.28. The van der Waals surface area contributed by atoms with Gasteiger partial charge in [0.1, 0.15) is 0 Å². The number of hydrogen-bond acceptors (Lipinski definition) is 7. The molecule has 0 bridgehead atoms. The van der Waals surface area contributed by atoms with Crippen molar-refractivity contribution in [3.63, 3.8) is 0 Å². The summed E-state index contributed by atoms with van der Waals surface area (Å²) in [5, 5.41) is 14.1. The molecule has 3 amide bonds. The van der Waals surface area contributed by atoms with Crippen LogP contribution in [-0.2, 0) is 11.3 Å². The fourth-order valence-corrected chi connectivity index (χ4v) is 3.83. The third-order valence-electron chi connectivity index (χ3n) is 4.69. The first-order chi connectivity index (χ1) is 14.4. The Hall–Kier alpha value is -3.53. The summed E-state index contributed by atoms with van der Waals surface area (Å²) in [6.45, 7) is 3.88. The molecule has 3 aromatic rings. The van der Waals surface area contributed by atoms with E-state index in [-0.39, 0.29) is 29.4 Å². The van der Waals surface area contributed by atoms with E-state index in [2.05, 4.69) is 20.8 Å². The van der Waals surface area contributed by atoms with Gasteiger partial charge in [-0.3, -0.25) is 19.3 Å². The van der Waals surface area contributed by atoms with Crippen LogP contribution in [0.1, 0.15) is 27.3 Å². The average molecular weight is 422 g/mol. The van der Waals surface area contributed by atoms with Crippen LogP contribution in [0, 0.1) is 13.8 Å². The number of aryl methyl sites for hydroxylation is 2. The monoisotopic (exact) mass is 422 g/mol. The SMILES string of the molecule is Cc1ccc(NC(=O)c2cccc(CN3C(=O)CSC3=O)c2)cc1-n1nnnc1C. The maximum atomic E-state index is 12.8. The largest absolute Gasteiger partial charge is 0.322 e. The molecule has 0 atom stereocenters. The van der Waals surface area contributed by atoms with Crippen LogP contribution in [0.15, 0.2) is 42.5 Å². The molecule has 2 heterocycles. The highest BCUT2D eigenvalue weighted by Crippen LogP contribution is 2.23. The molecule has 30 heavy (non-hydrogen) atoms. The van der Waals surface area contributed by atoms with Crippen LogP contribution in [0.4, 0.5) is 10.5 Å². The number of rotatable bonds is 5. The van der Waals surface area contributed by atoms with Crippen molar-refractivity contribution in [2.24, 2.45) is 0 Å². The van der Waals surface area contributed by atoms with Gasteiger partial charge in [-0.15, -0.1) is 5.10 Å².